The summed E-state index contributed by atoms with van der Waals surface area (Å²) < 4.78 is 0. The standard InChI is InChI=1S/C22H28N4O3/c1-15(23)20(21(27)25-29)24-22(28)26-13-11-19(12-14-26)18-9-7-17(8-10-18)16-5-3-2-4-6-16/h2-10,15,19-20,29H,11-14,23H2,1H3,(H,24,28)(H,25,27)/t15-,20+/m1/s1. The van der Waals surface area contributed by atoms with Crippen molar-refractivity contribution in [2.75, 3.05) is 13.1 Å². The minimum absolute atomic E-state index is 0.339. The molecule has 3 amide bonds. The van der Waals surface area contributed by atoms with Crippen LogP contribution in [0.25, 0.3) is 11.1 Å². The van der Waals surface area contributed by atoms with Gasteiger partial charge in [-0.15, -0.1) is 0 Å². The van der Waals surface area contributed by atoms with Crippen molar-refractivity contribution in [1.82, 2.24) is 15.7 Å². The Morgan fingerprint density at radius 1 is 1.03 bits per heavy atom. The maximum absolute atomic E-state index is 12.5. The summed E-state index contributed by atoms with van der Waals surface area (Å²) in [7, 11) is 0. The molecule has 0 aliphatic carbocycles. The van der Waals surface area contributed by atoms with E-state index in [9.17, 15) is 9.59 Å². The zero-order chi connectivity index (χ0) is 20.8. The fourth-order valence-electron chi connectivity index (χ4n) is 3.72. The number of hydrogen-bond donors (Lipinski definition) is 4. The predicted octanol–water partition coefficient (Wildman–Crippen LogP) is 2.46. The fraction of sp³-hybridized carbons (Fsp3) is 0.364. The number of nitrogens with one attached hydrogen (secondary N) is 2. The van der Waals surface area contributed by atoms with E-state index in [1.54, 1.807) is 17.3 Å². The molecular formula is C22H28N4O3. The van der Waals surface area contributed by atoms with E-state index >= 15 is 0 Å². The van der Waals surface area contributed by atoms with Crippen LogP contribution >= 0.6 is 0 Å². The smallest absolute Gasteiger partial charge is 0.318 e. The Labute approximate surface area is 170 Å². The molecule has 2 atom stereocenters. The van der Waals surface area contributed by atoms with Crippen molar-refractivity contribution < 1.29 is 14.8 Å². The Balaban J connectivity index is 1.56. The molecule has 3 rings (SSSR count). The summed E-state index contributed by atoms with van der Waals surface area (Å²) in [6, 6.07) is 17.0. The van der Waals surface area contributed by atoms with Gasteiger partial charge in [-0.25, -0.2) is 10.3 Å². The number of amides is 3. The fourth-order valence-corrected chi connectivity index (χ4v) is 3.72. The van der Waals surface area contributed by atoms with Crippen molar-refractivity contribution in [1.29, 1.82) is 0 Å². The molecule has 0 aromatic heterocycles. The summed E-state index contributed by atoms with van der Waals surface area (Å²) >= 11 is 0. The van der Waals surface area contributed by atoms with Crippen molar-refractivity contribution in [2.45, 2.75) is 37.8 Å². The van der Waals surface area contributed by atoms with E-state index in [0.717, 1.165) is 12.8 Å². The monoisotopic (exact) mass is 396 g/mol. The molecule has 0 spiro atoms. The molecule has 1 aliphatic heterocycles. The number of carbonyl (C=O) groups excluding carboxylic acids is 2. The third kappa shape index (κ3) is 5.13. The third-order valence-electron chi connectivity index (χ3n) is 5.47. The second-order valence-electron chi connectivity index (χ2n) is 7.51. The van der Waals surface area contributed by atoms with Gasteiger partial charge in [-0.2, -0.15) is 0 Å². The summed E-state index contributed by atoms with van der Waals surface area (Å²) in [4.78, 5) is 25.8. The molecule has 7 nitrogen and oxygen atoms in total. The Kier molecular flexibility index (Phi) is 6.85. The van der Waals surface area contributed by atoms with E-state index in [0.29, 0.717) is 19.0 Å². The number of nitrogens with zero attached hydrogens (tertiary/aromatic N) is 1. The maximum Gasteiger partial charge on any atom is 0.318 e. The van der Waals surface area contributed by atoms with Gasteiger partial charge in [-0.1, -0.05) is 54.6 Å². The van der Waals surface area contributed by atoms with Crippen molar-refractivity contribution in [3.05, 3.63) is 60.2 Å². The van der Waals surface area contributed by atoms with Crippen LogP contribution in [0.2, 0.25) is 0 Å². The number of rotatable bonds is 5. The maximum atomic E-state index is 12.5. The number of carbonyl (C=O) groups is 2. The molecule has 154 valence electrons. The summed E-state index contributed by atoms with van der Waals surface area (Å²) in [6.45, 7) is 2.80. The van der Waals surface area contributed by atoms with Crippen LogP contribution in [0, 0.1) is 0 Å². The molecule has 0 unspecified atom stereocenters. The first kappa shape index (κ1) is 20.8. The number of piperidine rings is 1. The van der Waals surface area contributed by atoms with Crippen LogP contribution in [0.4, 0.5) is 4.79 Å². The Hall–Kier alpha value is -2.90. The lowest BCUT2D eigenvalue weighted by Gasteiger charge is -2.33. The summed E-state index contributed by atoms with van der Waals surface area (Å²) in [5.74, 6) is -0.324. The van der Waals surface area contributed by atoms with Gasteiger partial charge in [0.1, 0.15) is 6.04 Å². The zero-order valence-electron chi connectivity index (χ0n) is 16.5. The van der Waals surface area contributed by atoms with Gasteiger partial charge < -0.3 is 16.0 Å². The topological polar surface area (TPSA) is 108 Å². The van der Waals surface area contributed by atoms with Crippen LogP contribution in [-0.2, 0) is 4.79 Å². The van der Waals surface area contributed by atoms with Gasteiger partial charge in [0, 0.05) is 19.1 Å². The highest BCUT2D eigenvalue weighted by Crippen LogP contribution is 2.30. The highest BCUT2D eigenvalue weighted by molar-refractivity contribution is 5.87. The third-order valence-corrected chi connectivity index (χ3v) is 5.47. The van der Waals surface area contributed by atoms with E-state index < -0.39 is 18.0 Å². The van der Waals surface area contributed by atoms with Crippen LogP contribution in [0.3, 0.4) is 0 Å². The molecule has 5 N–H and O–H groups in total. The molecule has 1 aliphatic rings. The molecule has 1 heterocycles. The molecule has 1 saturated heterocycles. The Bertz CT molecular complexity index is 816. The number of hydrogen-bond acceptors (Lipinski definition) is 4. The molecule has 0 radical (unpaired) electrons. The lowest BCUT2D eigenvalue weighted by atomic mass is 9.88. The van der Waals surface area contributed by atoms with E-state index in [2.05, 4.69) is 41.7 Å². The minimum Gasteiger partial charge on any atom is -0.326 e. The Morgan fingerprint density at radius 3 is 2.17 bits per heavy atom. The average molecular weight is 396 g/mol. The van der Waals surface area contributed by atoms with E-state index in [1.165, 1.54) is 16.7 Å². The molecule has 2 aromatic carbocycles. The van der Waals surface area contributed by atoms with Gasteiger partial charge in [0.2, 0.25) is 0 Å². The highest BCUT2D eigenvalue weighted by atomic mass is 16.5. The van der Waals surface area contributed by atoms with Gasteiger partial charge in [0.15, 0.2) is 0 Å². The van der Waals surface area contributed by atoms with E-state index in [4.69, 9.17) is 10.9 Å². The van der Waals surface area contributed by atoms with Crippen LogP contribution in [0.15, 0.2) is 54.6 Å². The lowest BCUT2D eigenvalue weighted by molar-refractivity contribution is -0.131. The largest absolute Gasteiger partial charge is 0.326 e. The van der Waals surface area contributed by atoms with Gasteiger partial charge in [0.25, 0.3) is 5.91 Å². The van der Waals surface area contributed by atoms with Gasteiger partial charge in [0.05, 0.1) is 0 Å². The first-order valence-corrected chi connectivity index (χ1v) is 9.90. The van der Waals surface area contributed by atoms with Gasteiger partial charge in [-0.3, -0.25) is 10.0 Å². The van der Waals surface area contributed by atoms with Crippen LogP contribution in [0.1, 0.15) is 31.2 Å². The molecular weight excluding hydrogens is 368 g/mol. The number of likely N-dealkylation sites (tertiary alicyclic amines) is 1. The summed E-state index contributed by atoms with van der Waals surface area (Å²) in [5, 5.41) is 11.4. The first-order valence-electron chi connectivity index (χ1n) is 9.90. The first-order chi connectivity index (χ1) is 14.0. The molecule has 7 heteroatoms. The lowest BCUT2D eigenvalue weighted by Crippen LogP contribution is -2.58. The summed E-state index contributed by atoms with van der Waals surface area (Å²) in [6.07, 6.45) is 1.71. The summed E-state index contributed by atoms with van der Waals surface area (Å²) in [5.41, 5.74) is 10.9. The number of nitrogens with two attached hydrogens (primary N) is 1. The second kappa shape index (κ2) is 9.54. The van der Waals surface area contributed by atoms with Crippen LogP contribution in [-0.4, -0.2) is 47.2 Å². The quantitative estimate of drug-likeness (QED) is 0.460. The second-order valence-corrected chi connectivity index (χ2v) is 7.51. The van der Waals surface area contributed by atoms with E-state index in [1.807, 2.05) is 18.2 Å². The highest BCUT2D eigenvalue weighted by Gasteiger charge is 2.29. The molecule has 0 bridgehead atoms. The minimum atomic E-state index is -0.976. The van der Waals surface area contributed by atoms with Gasteiger partial charge >= 0.3 is 6.03 Å². The number of hydroxylamine groups is 1. The molecule has 2 aromatic rings. The number of urea groups is 1. The molecule has 0 saturated carbocycles. The van der Waals surface area contributed by atoms with Crippen molar-refractivity contribution in [3.8, 4) is 11.1 Å². The van der Waals surface area contributed by atoms with E-state index in [-0.39, 0.29) is 6.03 Å². The van der Waals surface area contributed by atoms with Crippen molar-refractivity contribution in [2.24, 2.45) is 5.73 Å². The van der Waals surface area contributed by atoms with Crippen LogP contribution in [0.5, 0.6) is 0 Å². The zero-order valence-corrected chi connectivity index (χ0v) is 16.5. The van der Waals surface area contributed by atoms with Gasteiger partial charge in [-0.05, 0) is 42.4 Å². The van der Waals surface area contributed by atoms with Crippen molar-refractivity contribution >= 4 is 11.9 Å². The molecule has 1 fully saturated rings. The average Bonchev–Trinajstić information content (AvgIpc) is 2.77. The Morgan fingerprint density at radius 2 is 1.62 bits per heavy atom. The predicted molar refractivity (Wildman–Crippen MR) is 111 cm³/mol. The number of benzene rings is 2. The normalized spacial score (nSPS) is 16.7. The SMILES string of the molecule is C[C@@H](N)[C@H](NC(=O)N1CCC(c2ccc(-c3ccccc3)cc2)CC1)C(=O)NO. The van der Waals surface area contributed by atoms with Crippen molar-refractivity contribution in [3.63, 3.8) is 0 Å². The van der Waals surface area contributed by atoms with Crippen LogP contribution < -0.4 is 16.5 Å². The molecule has 29 heavy (non-hydrogen) atoms.